The van der Waals surface area contributed by atoms with Crippen molar-refractivity contribution in [2.24, 2.45) is 5.73 Å². The van der Waals surface area contributed by atoms with Gasteiger partial charge < -0.3 is 10.8 Å². The number of aromatic carboxylic acids is 1. The van der Waals surface area contributed by atoms with Crippen LogP contribution in [0.3, 0.4) is 0 Å². The van der Waals surface area contributed by atoms with E-state index in [2.05, 4.69) is 10.3 Å². The van der Waals surface area contributed by atoms with Crippen molar-refractivity contribution in [2.75, 3.05) is 0 Å². The minimum absolute atomic E-state index is 0.209. The molecule has 0 radical (unpaired) electrons. The van der Waals surface area contributed by atoms with Crippen molar-refractivity contribution in [1.82, 2.24) is 15.0 Å². The lowest BCUT2D eigenvalue weighted by atomic mass is 10.1. The number of hydrogen-bond donors (Lipinski definition) is 2. The Bertz CT molecular complexity index is 621. The number of amides is 1. The number of carboxylic acids is 1. The van der Waals surface area contributed by atoms with E-state index in [1.165, 1.54) is 11.6 Å². The zero-order chi connectivity index (χ0) is 14.0. The molecule has 3 N–H and O–H groups in total. The van der Waals surface area contributed by atoms with E-state index in [9.17, 15) is 9.59 Å². The summed E-state index contributed by atoms with van der Waals surface area (Å²) in [5.41, 5.74) is 5.89. The molecule has 0 saturated heterocycles. The zero-order valence-corrected chi connectivity index (χ0v) is 10.1. The summed E-state index contributed by atoms with van der Waals surface area (Å²) in [7, 11) is 0. The first-order valence-electron chi connectivity index (χ1n) is 5.55. The van der Waals surface area contributed by atoms with Crippen LogP contribution in [0.4, 0.5) is 0 Å². The molecule has 7 nitrogen and oxygen atoms in total. The van der Waals surface area contributed by atoms with Gasteiger partial charge >= 0.3 is 5.97 Å². The van der Waals surface area contributed by atoms with Gasteiger partial charge in [-0.3, -0.25) is 4.79 Å². The Morgan fingerprint density at radius 1 is 1.32 bits per heavy atom. The third-order valence-corrected chi connectivity index (χ3v) is 2.72. The predicted octanol–water partition coefficient (Wildman–Crippen LogP) is 0.690. The maximum absolute atomic E-state index is 11.2. The number of hydrogen-bond acceptors (Lipinski definition) is 4. The fourth-order valence-electron chi connectivity index (χ4n) is 1.69. The number of carboxylic acid groups (broad SMARTS) is 1. The molecule has 2 aromatic rings. The van der Waals surface area contributed by atoms with Gasteiger partial charge in [0.1, 0.15) is 11.7 Å². The van der Waals surface area contributed by atoms with E-state index in [0.29, 0.717) is 5.56 Å². The van der Waals surface area contributed by atoms with Crippen LogP contribution in [0.5, 0.6) is 0 Å². The van der Waals surface area contributed by atoms with Crippen LogP contribution in [0.2, 0.25) is 0 Å². The fraction of sp³-hybridized carbons (Fsp3) is 0.167. The minimum atomic E-state index is -1.21. The maximum Gasteiger partial charge on any atom is 0.358 e. The molecule has 1 aromatic heterocycles. The normalized spacial score (nSPS) is 12.1. The maximum atomic E-state index is 11.2. The molecule has 19 heavy (non-hydrogen) atoms. The lowest BCUT2D eigenvalue weighted by Gasteiger charge is -2.11. The van der Waals surface area contributed by atoms with Crippen molar-refractivity contribution in [3.8, 4) is 11.3 Å². The second kappa shape index (κ2) is 4.89. The first-order chi connectivity index (χ1) is 9.02. The van der Waals surface area contributed by atoms with Crippen LogP contribution in [0.15, 0.2) is 30.3 Å². The first kappa shape index (κ1) is 12.7. The summed E-state index contributed by atoms with van der Waals surface area (Å²) in [6.07, 6.45) is 0. The van der Waals surface area contributed by atoms with Gasteiger partial charge in [-0.05, 0) is 6.92 Å². The number of nitrogens with two attached hydrogens (primary N) is 1. The van der Waals surface area contributed by atoms with Gasteiger partial charge in [0.05, 0.1) is 0 Å². The highest BCUT2D eigenvalue weighted by atomic mass is 16.4. The molecule has 7 heteroatoms. The molecule has 1 aromatic carbocycles. The van der Waals surface area contributed by atoms with Crippen LogP contribution in [0.25, 0.3) is 11.3 Å². The third kappa shape index (κ3) is 2.30. The number of carbonyl (C=O) groups is 2. The molecule has 0 aliphatic carbocycles. The van der Waals surface area contributed by atoms with Gasteiger partial charge in [0, 0.05) is 5.56 Å². The van der Waals surface area contributed by atoms with Crippen LogP contribution in [-0.4, -0.2) is 32.0 Å². The van der Waals surface area contributed by atoms with Gasteiger partial charge in [0.25, 0.3) is 0 Å². The Morgan fingerprint density at radius 3 is 2.47 bits per heavy atom. The van der Waals surface area contributed by atoms with Crippen LogP contribution in [0.1, 0.15) is 23.5 Å². The predicted molar refractivity (Wildman–Crippen MR) is 66.3 cm³/mol. The van der Waals surface area contributed by atoms with E-state index in [1.54, 1.807) is 30.3 Å². The van der Waals surface area contributed by atoms with Crippen molar-refractivity contribution in [3.05, 3.63) is 36.0 Å². The summed E-state index contributed by atoms with van der Waals surface area (Å²) < 4.78 is 1.22. The summed E-state index contributed by atoms with van der Waals surface area (Å²) in [6.45, 7) is 1.54. The molecule has 1 atom stereocenters. The molecular weight excluding hydrogens is 248 g/mol. The minimum Gasteiger partial charge on any atom is -0.476 e. The van der Waals surface area contributed by atoms with Crippen molar-refractivity contribution < 1.29 is 14.7 Å². The highest BCUT2D eigenvalue weighted by Gasteiger charge is 2.25. The van der Waals surface area contributed by atoms with Crippen LogP contribution in [-0.2, 0) is 4.79 Å². The van der Waals surface area contributed by atoms with Gasteiger partial charge in [0.2, 0.25) is 5.91 Å². The van der Waals surface area contributed by atoms with E-state index >= 15 is 0 Å². The van der Waals surface area contributed by atoms with Gasteiger partial charge in [-0.25, -0.2) is 9.48 Å². The van der Waals surface area contributed by atoms with Crippen LogP contribution in [0, 0.1) is 0 Å². The number of aromatic nitrogens is 3. The Kier molecular flexibility index (Phi) is 3.28. The third-order valence-electron chi connectivity index (χ3n) is 2.72. The van der Waals surface area contributed by atoms with E-state index in [1.807, 2.05) is 0 Å². The summed E-state index contributed by atoms with van der Waals surface area (Å²) in [5.74, 6) is -1.82. The van der Waals surface area contributed by atoms with E-state index in [0.717, 1.165) is 0 Å². The van der Waals surface area contributed by atoms with Crippen molar-refractivity contribution in [3.63, 3.8) is 0 Å². The Balaban J connectivity index is 2.64. The smallest absolute Gasteiger partial charge is 0.358 e. The fourth-order valence-corrected chi connectivity index (χ4v) is 1.69. The van der Waals surface area contributed by atoms with Gasteiger partial charge in [-0.15, -0.1) is 5.10 Å². The molecule has 0 bridgehead atoms. The van der Waals surface area contributed by atoms with Gasteiger partial charge in [0.15, 0.2) is 5.69 Å². The molecule has 1 unspecified atom stereocenters. The molecular formula is C12H12N4O3. The lowest BCUT2D eigenvalue weighted by molar-refractivity contribution is -0.120. The highest BCUT2D eigenvalue weighted by Crippen LogP contribution is 2.24. The summed E-state index contributed by atoms with van der Waals surface area (Å²) in [4.78, 5) is 22.4. The second-order valence-corrected chi connectivity index (χ2v) is 3.98. The van der Waals surface area contributed by atoms with E-state index < -0.39 is 17.9 Å². The zero-order valence-electron chi connectivity index (χ0n) is 10.1. The number of primary amides is 1. The van der Waals surface area contributed by atoms with Gasteiger partial charge in [-0.1, -0.05) is 35.5 Å². The molecule has 0 fully saturated rings. The summed E-state index contributed by atoms with van der Waals surface area (Å²) >= 11 is 0. The molecule has 0 aliphatic rings. The summed E-state index contributed by atoms with van der Waals surface area (Å²) in [5, 5.41) is 16.4. The van der Waals surface area contributed by atoms with E-state index in [4.69, 9.17) is 10.8 Å². The standard InChI is InChI=1S/C12H12N4O3/c1-7(11(13)17)16-10(8-5-3-2-4-6-8)9(12(18)19)14-15-16/h2-7H,1H3,(H2,13,17)(H,18,19). The molecule has 1 amide bonds. The number of carbonyl (C=O) groups excluding carboxylic acids is 1. The largest absolute Gasteiger partial charge is 0.476 e. The van der Waals surface area contributed by atoms with Crippen LogP contribution >= 0.6 is 0 Å². The molecule has 98 valence electrons. The van der Waals surface area contributed by atoms with Crippen molar-refractivity contribution in [2.45, 2.75) is 13.0 Å². The van der Waals surface area contributed by atoms with Crippen LogP contribution < -0.4 is 5.73 Å². The SMILES string of the molecule is CC(C(N)=O)n1nnc(C(=O)O)c1-c1ccccc1. The highest BCUT2D eigenvalue weighted by molar-refractivity contribution is 5.93. The first-order valence-corrected chi connectivity index (χ1v) is 5.55. The molecule has 1 heterocycles. The Labute approximate surface area is 108 Å². The van der Waals surface area contributed by atoms with E-state index in [-0.39, 0.29) is 11.4 Å². The second-order valence-electron chi connectivity index (χ2n) is 3.98. The molecule has 0 aliphatic heterocycles. The molecule has 0 spiro atoms. The average Bonchev–Trinajstić information content (AvgIpc) is 2.83. The number of nitrogens with zero attached hydrogens (tertiary/aromatic N) is 3. The monoisotopic (exact) mass is 260 g/mol. The lowest BCUT2D eigenvalue weighted by Crippen LogP contribution is -2.25. The van der Waals surface area contributed by atoms with Gasteiger partial charge in [-0.2, -0.15) is 0 Å². The topological polar surface area (TPSA) is 111 Å². The van der Waals surface area contributed by atoms with Crippen molar-refractivity contribution in [1.29, 1.82) is 0 Å². The Morgan fingerprint density at radius 2 is 1.95 bits per heavy atom. The quantitative estimate of drug-likeness (QED) is 0.840. The average molecular weight is 260 g/mol. The summed E-state index contributed by atoms with van der Waals surface area (Å²) in [6, 6.07) is 7.97. The Hall–Kier alpha value is -2.70. The number of benzene rings is 1. The molecule has 0 saturated carbocycles. The van der Waals surface area contributed by atoms with Crippen molar-refractivity contribution >= 4 is 11.9 Å². The number of rotatable bonds is 4. The molecule has 2 rings (SSSR count).